The van der Waals surface area contributed by atoms with Crippen LogP contribution in [0.2, 0.25) is 0 Å². The summed E-state index contributed by atoms with van der Waals surface area (Å²) in [5.41, 5.74) is 1.62. The van der Waals surface area contributed by atoms with Crippen LogP contribution >= 0.6 is 7.37 Å². The van der Waals surface area contributed by atoms with Crippen LogP contribution in [0.5, 0.6) is 17.2 Å². The summed E-state index contributed by atoms with van der Waals surface area (Å²) in [5.74, 6) is 0.107. The summed E-state index contributed by atoms with van der Waals surface area (Å²) in [4.78, 5) is 25.8. The molecule has 0 fully saturated rings. The SMILES string of the molecule is C=CCCCCCCCCC(=O)Oc1ccc(OC(=O)CCCCCCCCC=C)c(P2(=O)Oc3ccccc3-c3ccccc32)c1. The van der Waals surface area contributed by atoms with Crippen molar-refractivity contribution in [2.75, 3.05) is 0 Å². The van der Waals surface area contributed by atoms with Crippen LogP contribution in [0.15, 0.2) is 92.0 Å². The first-order valence-electron chi connectivity index (χ1n) is 17.2. The Morgan fingerprint density at radius 2 is 1.15 bits per heavy atom. The summed E-state index contributed by atoms with van der Waals surface area (Å²) in [6, 6.07) is 19.5. The molecule has 47 heavy (non-hydrogen) atoms. The van der Waals surface area contributed by atoms with Gasteiger partial charge in [0.1, 0.15) is 17.2 Å². The van der Waals surface area contributed by atoms with Gasteiger partial charge in [0, 0.05) is 18.4 Å². The third-order valence-corrected chi connectivity index (χ3v) is 10.9. The number of esters is 2. The zero-order valence-electron chi connectivity index (χ0n) is 27.6. The van der Waals surface area contributed by atoms with Crippen LogP contribution < -0.4 is 24.6 Å². The van der Waals surface area contributed by atoms with E-state index in [2.05, 4.69) is 13.2 Å². The van der Waals surface area contributed by atoms with Crippen LogP contribution in [0.1, 0.15) is 103 Å². The van der Waals surface area contributed by atoms with Gasteiger partial charge in [0.2, 0.25) is 0 Å². The van der Waals surface area contributed by atoms with Gasteiger partial charge in [-0.1, -0.05) is 99.9 Å². The number of fused-ring (bicyclic) bond motifs is 3. The molecule has 0 bridgehead atoms. The molecular formula is C40H49O6P. The monoisotopic (exact) mass is 656 g/mol. The van der Waals surface area contributed by atoms with Crippen LogP contribution in [-0.2, 0) is 14.2 Å². The number of benzene rings is 3. The van der Waals surface area contributed by atoms with Crippen molar-refractivity contribution >= 4 is 29.9 Å². The van der Waals surface area contributed by atoms with Crippen LogP contribution in [0.25, 0.3) is 11.1 Å². The van der Waals surface area contributed by atoms with E-state index in [0.717, 1.165) is 88.2 Å². The highest BCUT2D eigenvalue weighted by atomic mass is 31.2. The number of para-hydroxylation sites is 1. The summed E-state index contributed by atoms with van der Waals surface area (Å²) in [5, 5.41) is 0.698. The number of unbranched alkanes of at least 4 members (excludes halogenated alkanes) is 12. The summed E-state index contributed by atoms with van der Waals surface area (Å²) in [6.07, 6.45) is 18.9. The van der Waals surface area contributed by atoms with E-state index in [0.29, 0.717) is 17.5 Å². The molecule has 0 radical (unpaired) electrons. The molecule has 0 saturated carbocycles. The smallest absolute Gasteiger partial charge is 0.311 e. The highest BCUT2D eigenvalue weighted by Crippen LogP contribution is 2.55. The summed E-state index contributed by atoms with van der Waals surface area (Å²) >= 11 is 0. The molecule has 0 aliphatic carbocycles. The molecule has 0 saturated heterocycles. The van der Waals surface area contributed by atoms with Gasteiger partial charge < -0.3 is 14.0 Å². The Morgan fingerprint density at radius 3 is 1.79 bits per heavy atom. The first kappa shape index (κ1) is 36.0. The molecule has 0 aromatic heterocycles. The van der Waals surface area contributed by atoms with Crippen molar-refractivity contribution in [3.05, 3.63) is 92.0 Å². The molecule has 1 aliphatic heterocycles. The Kier molecular flexibility index (Phi) is 14.6. The molecule has 250 valence electrons. The first-order valence-corrected chi connectivity index (χ1v) is 18.8. The van der Waals surface area contributed by atoms with Crippen molar-refractivity contribution < 1.29 is 28.2 Å². The van der Waals surface area contributed by atoms with Crippen molar-refractivity contribution in [2.45, 2.75) is 103 Å². The quantitative estimate of drug-likeness (QED) is 0.0373. The number of carbonyl (C=O) groups is 2. The molecule has 4 rings (SSSR count). The molecule has 0 amide bonds. The third kappa shape index (κ3) is 10.6. The zero-order valence-corrected chi connectivity index (χ0v) is 28.5. The van der Waals surface area contributed by atoms with Gasteiger partial charge in [-0.3, -0.25) is 14.2 Å². The van der Waals surface area contributed by atoms with E-state index in [-0.39, 0.29) is 35.6 Å². The molecule has 1 atom stereocenters. The van der Waals surface area contributed by atoms with Crippen molar-refractivity contribution in [3.8, 4) is 28.4 Å². The van der Waals surface area contributed by atoms with Crippen molar-refractivity contribution in [2.24, 2.45) is 0 Å². The standard InChI is InChI=1S/C40H49O6P/c1-3-5-7-9-11-13-15-17-27-39(41)44-32-29-30-36(45-40(42)28-18-16-14-12-10-8-6-4-2)38(31-32)47(43)37-26-22-20-24-34(37)33-23-19-21-25-35(33)46-47/h3-4,19-26,29-31H,1-2,5-18,27-28H2. The van der Waals surface area contributed by atoms with Crippen LogP contribution in [-0.4, -0.2) is 11.9 Å². The summed E-state index contributed by atoms with van der Waals surface area (Å²) < 4.78 is 32.9. The van der Waals surface area contributed by atoms with Gasteiger partial charge in [-0.25, -0.2) is 0 Å². The fourth-order valence-corrected chi connectivity index (χ4v) is 8.25. The van der Waals surface area contributed by atoms with Gasteiger partial charge in [-0.15, -0.1) is 13.2 Å². The first-order chi connectivity index (χ1) is 23.0. The lowest BCUT2D eigenvalue weighted by atomic mass is 10.0. The molecular weight excluding hydrogens is 607 g/mol. The molecule has 0 spiro atoms. The zero-order chi connectivity index (χ0) is 33.3. The van der Waals surface area contributed by atoms with Gasteiger partial charge in [-0.05, 0) is 74.4 Å². The number of allylic oxidation sites excluding steroid dienone is 2. The molecule has 7 heteroatoms. The van der Waals surface area contributed by atoms with Crippen LogP contribution in [0.3, 0.4) is 0 Å². The van der Waals surface area contributed by atoms with Crippen molar-refractivity contribution in [3.63, 3.8) is 0 Å². The van der Waals surface area contributed by atoms with E-state index in [1.807, 2.05) is 48.6 Å². The van der Waals surface area contributed by atoms with Crippen molar-refractivity contribution in [1.29, 1.82) is 0 Å². The highest BCUT2D eigenvalue weighted by Gasteiger charge is 2.40. The second kappa shape index (κ2) is 19.1. The lowest BCUT2D eigenvalue weighted by Gasteiger charge is -2.29. The fourth-order valence-electron chi connectivity index (χ4n) is 5.86. The van der Waals surface area contributed by atoms with Crippen LogP contribution in [0.4, 0.5) is 0 Å². The van der Waals surface area contributed by atoms with E-state index in [1.54, 1.807) is 24.3 Å². The average molecular weight is 657 g/mol. The number of rotatable bonds is 21. The van der Waals surface area contributed by atoms with E-state index < -0.39 is 13.3 Å². The Balaban J connectivity index is 1.48. The molecule has 1 unspecified atom stereocenters. The Morgan fingerprint density at radius 1 is 0.617 bits per heavy atom. The molecule has 3 aromatic carbocycles. The maximum absolute atomic E-state index is 15.0. The summed E-state index contributed by atoms with van der Waals surface area (Å²) in [6.45, 7) is 7.53. The maximum Gasteiger partial charge on any atom is 0.311 e. The Hall–Kier alpha value is -3.89. The van der Waals surface area contributed by atoms with E-state index in [9.17, 15) is 9.59 Å². The van der Waals surface area contributed by atoms with Gasteiger partial charge in [0.05, 0.1) is 10.6 Å². The molecule has 3 aromatic rings. The fraction of sp³-hybridized carbons (Fsp3) is 0.400. The lowest BCUT2D eigenvalue weighted by Crippen LogP contribution is -2.27. The lowest BCUT2D eigenvalue weighted by molar-refractivity contribution is -0.135. The van der Waals surface area contributed by atoms with Gasteiger partial charge in [0.25, 0.3) is 0 Å². The minimum atomic E-state index is -3.83. The normalized spacial score (nSPS) is 14.7. The molecule has 6 nitrogen and oxygen atoms in total. The molecule has 0 N–H and O–H groups in total. The number of carbonyl (C=O) groups excluding carboxylic acids is 2. The third-order valence-electron chi connectivity index (χ3n) is 8.41. The minimum Gasteiger partial charge on any atom is -0.436 e. The Labute approximate surface area is 280 Å². The highest BCUT2D eigenvalue weighted by molar-refractivity contribution is 7.75. The predicted octanol–water partition coefficient (Wildman–Crippen LogP) is 10.4. The van der Waals surface area contributed by atoms with E-state index in [1.165, 1.54) is 12.5 Å². The summed E-state index contributed by atoms with van der Waals surface area (Å²) in [7, 11) is -3.83. The average Bonchev–Trinajstić information content (AvgIpc) is 3.08. The van der Waals surface area contributed by atoms with Gasteiger partial charge in [-0.2, -0.15) is 0 Å². The van der Waals surface area contributed by atoms with Gasteiger partial charge in [0.15, 0.2) is 0 Å². The van der Waals surface area contributed by atoms with Crippen LogP contribution in [0, 0.1) is 0 Å². The van der Waals surface area contributed by atoms with E-state index >= 15 is 4.57 Å². The Bertz CT molecular complexity index is 1540. The number of ether oxygens (including phenoxy) is 2. The minimum absolute atomic E-state index is 0.146. The van der Waals surface area contributed by atoms with E-state index in [4.69, 9.17) is 14.0 Å². The second-order valence-electron chi connectivity index (χ2n) is 12.1. The van der Waals surface area contributed by atoms with Crippen molar-refractivity contribution in [1.82, 2.24) is 0 Å². The maximum atomic E-state index is 15.0. The number of hydrogen-bond acceptors (Lipinski definition) is 6. The van der Waals surface area contributed by atoms with Gasteiger partial charge >= 0.3 is 19.3 Å². The predicted molar refractivity (Wildman–Crippen MR) is 191 cm³/mol. The number of hydrogen-bond donors (Lipinski definition) is 0. The second-order valence-corrected chi connectivity index (χ2v) is 14.4. The molecule has 1 aliphatic rings. The molecule has 1 heterocycles. The largest absolute Gasteiger partial charge is 0.436 e. The topological polar surface area (TPSA) is 78.9 Å².